The van der Waals surface area contributed by atoms with E-state index in [-0.39, 0.29) is 5.91 Å². The molecule has 0 aliphatic carbocycles. The number of rotatable bonds is 2. The molecule has 0 fully saturated rings. The molecule has 0 aromatic carbocycles. The van der Waals surface area contributed by atoms with Crippen LogP contribution in [0.2, 0.25) is 0 Å². The Bertz CT molecular complexity index is 289. The lowest BCUT2D eigenvalue weighted by Gasteiger charge is -2.17. The molecule has 0 saturated carbocycles. The van der Waals surface area contributed by atoms with Gasteiger partial charge in [0.15, 0.2) is 0 Å². The monoisotopic (exact) mass is 179 g/mol. The zero-order valence-corrected chi connectivity index (χ0v) is 7.74. The van der Waals surface area contributed by atoms with Crippen LogP contribution < -0.4 is 11.1 Å². The van der Waals surface area contributed by atoms with Crippen LogP contribution in [0.3, 0.4) is 0 Å². The maximum Gasteiger partial charge on any atom is 0.243 e. The van der Waals surface area contributed by atoms with E-state index in [0.717, 1.165) is 0 Å². The van der Waals surface area contributed by atoms with Gasteiger partial charge < -0.3 is 11.1 Å². The standard InChI is InChI=1S/C9H13N3O/c1-9(2,10)8(13)12-7-4-3-5-11-6-7/h3-6H,10H2,1-2H3,(H,12,13). The number of amides is 1. The van der Waals surface area contributed by atoms with Gasteiger partial charge in [-0.1, -0.05) is 0 Å². The fourth-order valence-electron chi connectivity index (χ4n) is 0.729. The largest absolute Gasteiger partial charge is 0.323 e. The fraction of sp³-hybridized carbons (Fsp3) is 0.333. The maximum atomic E-state index is 11.4. The number of nitrogens with one attached hydrogen (secondary N) is 1. The lowest BCUT2D eigenvalue weighted by Crippen LogP contribution is -2.45. The molecule has 0 atom stereocenters. The molecular formula is C9H13N3O. The molecule has 4 nitrogen and oxygen atoms in total. The second-order valence-electron chi connectivity index (χ2n) is 3.42. The minimum atomic E-state index is -0.865. The van der Waals surface area contributed by atoms with Crippen LogP contribution >= 0.6 is 0 Å². The molecular weight excluding hydrogens is 166 g/mol. The molecule has 1 heterocycles. The molecule has 0 unspecified atom stereocenters. The van der Waals surface area contributed by atoms with E-state index in [1.807, 2.05) is 0 Å². The van der Waals surface area contributed by atoms with Crippen molar-refractivity contribution in [2.75, 3.05) is 5.32 Å². The van der Waals surface area contributed by atoms with Gasteiger partial charge in [-0.25, -0.2) is 0 Å². The van der Waals surface area contributed by atoms with Crippen molar-refractivity contribution >= 4 is 11.6 Å². The molecule has 0 aliphatic rings. The summed E-state index contributed by atoms with van der Waals surface area (Å²) in [4.78, 5) is 15.2. The van der Waals surface area contributed by atoms with Crippen molar-refractivity contribution in [3.63, 3.8) is 0 Å². The maximum absolute atomic E-state index is 11.4. The first-order valence-corrected chi connectivity index (χ1v) is 4.00. The summed E-state index contributed by atoms with van der Waals surface area (Å²) in [6.45, 7) is 3.30. The number of nitrogens with zero attached hydrogens (tertiary/aromatic N) is 1. The summed E-state index contributed by atoms with van der Waals surface area (Å²) in [5.41, 5.74) is 5.39. The first-order chi connectivity index (χ1) is 6.00. The highest BCUT2D eigenvalue weighted by atomic mass is 16.2. The average Bonchev–Trinajstić information content (AvgIpc) is 2.04. The van der Waals surface area contributed by atoms with Crippen molar-refractivity contribution in [1.82, 2.24) is 4.98 Å². The number of aromatic nitrogens is 1. The fourth-order valence-corrected chi connectivity index (χ4v) is 0.729. The number of carbonyl (C=O) groups excluding carboxylic acids is 1. The second-order valence-corrected chi connectivity index (χ2v) is 3.42. The summed E-state index contributed by atoms with van der Waals surface area (Å²) >= 11 is 0. The molecule has 1 rings (SSSR count). The molecule has 0 radical (unpaired) electrons. The lowest BCUT2D eigenvalue weighted by molar-refractivity contribution is -0.120. The highest BCUT2D eigenvalue weighted by molar-refractivity contribution is 5.97. The summed E-state index contributed by atoms with van der Waals surface area (Å²) in [6, 6.07) is 3.51. The van der Waals surface area contributed by atoms with Crippen LogP contribution in [0, 0.1) is 0 Å². The van der Waals surface area contributed by atoms with Crippen molar-refractivity contribution < 1.29 is 4.79 Å². The third kappa shape index (κ3) is 2.83. The van der Waals surface area contributed by atoms with Crippen LogP contribution in [0.15, 0.2) is 24.5 Å². The summed E-state index contributed by atoms with van der Waals surface area (Å²) in [7, 11) is 0. The predicted molar refractivity (Wildman–Crippen MR) is 51.1 cm³/mol. The molecule has 13 heavy (non-hydrogen) atoms. The normalized spacial score (nSPS) is 11.0. The Morgan fingerprint density at radius 1 is 1.62 bits per heavy atom. The smallest absolute Gasteiger partial charge is 0.243 e. The molecule has 0 saturated heterocycles. The molecule has 1 aromatic heterocycles. The van der Waals surface area contributed by atoms with Gasteiger partial charge in [0.05, 0.1) is 17.4 Å². The van der Waals surface area contributed by atoms with Crippen molar-refractivity contribution in [3.05, 3.63) is 24.5 Å². The van der Waals surface area contributed by atoms with E-state index in [0.29, 0.717) is 5.69 Å². The number of carbonyl (C=O) groups is 1. The van der Waals surface area contributed by atoms with Crippen LogP contribution in [0.1, 0.15) is 13.8 Å². The van der Waals surface area contributed by atoms with Gasteiger partial charge in [0.25, 0.3) is 0 Å². The van der Waals surface area contributed by atoms with Gasteiger partial charge in [-0.3, -0.25) is 9.78 Å². The Morgan fingerprint density at radius 3 is 2.77 bits per heavy atom. The number of nitrogens with two attached hydrogens (primary N) is 1. The first-order valence-electron chi connectivity index (χ1n) is 4.00. The molecule has 1 amide bonds. The Kier molecular flexibility index (Phi) is 2.63. The van der Waals surface area contributed by atoms with Crippen molar-refractivity contribution in [2.45, 2.75) is 19.4 Å². The summed E-state index contributed by atoms with van der Waals surface area (Å²) < 4.78 is 0. The quantitative estimate of drug-likeness (QED) is 0.704. The average molecular weight is 179 g/mol. The molecule has 0 aliphatic heterocycles. The second kappa shape index (κ2) is 3.53. The number of anilines is 1. The van der Waals surface area contributed by atoms with E-state index < -0.39 is 5.54 Å². The highest BCUT2D eigenvalue weighted by Crippen LogP contribution is 2.06. The molecule has 70 valence electrons. The number of pyridine rings is 1. The summed E-state index contributed by atoms with van der Waals surface area (Å²) in [5.74, 6) is -0.222. The van der Waals surface area contributed by atoms with Gasteiger partial charge in [0.1, 0.15) is 0 Å². The van der Waals surface area contributed by atoms with E-state index in [9.17, 15) is 4.79 Å². The van der Waals surface area contributed by atoms with E-state index in [1.54, 1.807) is 38.4 Å². The van der Waals surface area contributed by atoms with Gasteiger partial charge in [-0.05, 0) is 26.0 Å². The minimum absolute atomic E-state index is 0.222. The van der Waals surface area contributed by atoms with Crippen LogP contribution in [0.25, 0.3) is 0 Å². The predicted octanol–water partition coefficient (Wildman–Crippen LogP) is 0.757. The van der Waals surface area contributed by atoms with E-state index in [2.05, 4.69) is 10.3 Å². The molecule has 4 heteroatoms. The van der Waals surface area contributed by atoms with Gasteiger partial charge in [-0.15, -0.1) is 0 Å². The van der Waals surface area contributed by atoms with Gasteiger partial charge in [0, 0.05) is 6.20 Å². The zero-order valence-electron chi connectivity index (χ0n) is 7.74. The lowest BCUT2D eigenvalue weighted by atomic mass is 10.1. The van der Waals surface area contributed by atoms with E-state index in [1.165, 1.54) is 0 Å². The SMILES string of the molecule is CC(C)(N)C(=O)Nc1cccnc1. The zero-order chi connectivity index (χ0) is 9.90. The Labute approximate surface area is 77.2 Å². The Balaban J connectivity index is 2.66. The third-order valence-corrected chi connectivity index (χ3v) is 1.50. The molecule has 0 spiro atoms. The number of hydrogen-bond donors (Lipinski definition) is 2. The van der Waals surface area contributed by atoms with Gasteiger partial charge in [-0.2, -0.15) is 0 Å². The first kappa shape index (κ1) is 9.67. The molecule has 0 bridgehead atoms. The topological polar surface area (TPSA) is 68.0 Å². The van der Waals surface area contributed by atoms with E-state index in [4.69, 9.17) is 5.73 Å². The van der Waals surface area contributed by atoms with Crippen molar-refractivity contribution in [1.29, 1.82) is 0 Å². The van der Waals surface area contributed by atoms with Crippen LogP contribution in [-0.2, 0) is 4.79 Å². The van der Waals surface area contributed by atoms with Crippen molar-refractivity contribution in [3.8, 4) is 0 Å². The molecule has 1 aromatic rings. The van der Waals surface area contributed by atoms with Gasteiger partial charge >= 0.3 is 0 Å². The van der Waals surface area contributed by atoms with E-state index >= 15 is 0 Å². The summed E-state index contributed by atoms with van der Waals surface area (Å²) in [6.07, 6.45) is 3.22. The van der Waals surface area contributed by atoms with Crippen LogP contribution in [-0.4, -0.2) is 16.4 Å². The minimum Gasteiger partial charge on any atom is -0.323 e. The highest BCUT2D eigenvalue weighted by Gasteiger charge is 2.21. The van der Waals surface area contributed by atoms with Crippen molar-refractivity contribution in [2.24, 2.45) is 5.73 Å². The third-order valence-electron chi connectivity index (χ3n) is 1.50. The molecule has 3 N–H and O–H groups in total. The Hall–Kier alpha value is -1.42. The van der Waals surface area contributed by atoms with Crippen LogP contribution in [0.5, 0.6) is 0 Å². The van der Waals surface area contributed by atoms with Gasteiger partial charge in [0.2, 0.25) is 5.91 Å². The Morgan fingerprint density at radius 2 is 2.31 bits per heavy atom. The number of hydrogen-bond acceptors (Lipinski definition) is 3. The summed E-state index contributed by atoms with van der Waals surface area (Å²) in [5, 5.41) is 2.66. The van der Waals surface area contributed by atoms with Crippen LogP contribution in [0.4, 0.5) is 5.69 Å².